The molecule has 5 heteroatoms. The number of nitrogens with two attached hydrogens (primary N) is 1. The zero-order valence-electron chi connectivity index (χ0n) is 10.6. The van der Waals surface area contributed by atoms with Crippen molar-refractivity contribution in [3.63, 3.8) is 0 Å². The number of nitrogens with zero attached hydrogens (tertiary/aromatic N) is 4. The van der Waals surface area contributed by atoms with Crippen LogP contribution in [-0.4, -0.2) is 19.6 Å². The van der Waals surface area contributed by atoms with Gasteiger partial charge in [0.2, 0.25) is 0 Å². The molecule has 0 saturated carbocycles. The molecule has 0 aliphatic carbocycles. The monoisotopic (exact) mass is 233 g/mol. The van der Waals surface area contributed by atoms with Gasteiger partial charge in [-0.3, -0.25) is 9.36 Å². The van der Waals surface area contributed by atoms with Gasteiger partial charge in [-0.1, -0.05) is 6.92 Å². The highest BCUT2D eigenvalue weighted by atomic mass is 15.3. The quantitative estimate of drug-likeness (QED) is 0.878. The van der Waals surface area contributed by atoms with E-state index in [-0.39, 0.29) is 0 Å². The molecule has 0 fully saturated rings. The smallest absolute Gasteiger partial charge is 0.148 e. The van der Waals surface area contributed by atoms with Gasteiger partial charge in [0, 0.05) is 24.0 Å². The first-order chi connectivity index (χ1) is 8.10. The van der Waals surface area contributed by atoms with Crippen molar-refractivity contribution < 1.29 is 0 Å². The predicted octanol–water partition coefficient (Wildman–Crippen LogP) is 1.99. The number of aryl methyl sites for hydroxylation is 1. The van der Waals surface area contributed by atoms with Crippen molar-refractivity contribution >= 4 is 5.82 Å². The van der Waals surface area contributed by atoms with E-state index in [0.29, 0.717) is 18.4 Å². The van der Waals surface area contributed by atoms with E-state index in [1.165, 1.54) is 0 Å². The fourth-order valence-corrected chi connectivity index (χ4v) is 1.68. The van der Waals surface area contributed by atoms with Crippen LogP contribution in [0.15, 0.2) is 18.5 Å². The highest BCUT2D eigenvalue weighted by Crippen LogP contribution is 2.11. The number of nitrogen functional groups attached to an aromatic ring is 1. The molecular formula is C12H19N5. The number of anilines is 1. The molecule has 0 saturated heterocycles. The summed E-state index contributed by atoms with van der Waals surface area (Å²) in [6.07, 6.45) is 5.04. The summed E-state index contributed by atoms with van der Waals surface area (Å²) in [5.74, 6) is 0.589. The summed E-state index contributed by atoms with van der Waals surface area (Å²) in [6.45, 7) is 6.94. The first-order valence-electron chi connectivity index (χ1n) is 5.93. The molecule has 0 aliphatic heterocycles. The molecule has 2 heterocycles. The molecule has 1 unspecified atom stereocenters. The van der Waals surface area contributed by atoms with Crippen LogP contribution in [0.1, 0.15) is 37.6 Å². The van der Waals surface area contributed by atoms with Crippen LogP contribution in [0.3, 0.4) is 0 Å². The lowest BCUT2D eigenvalue weighted by Crippen LogP contribution is -2.07. The van der Waals surface area contributed by atoms with E-state index in [0.717, 1.165) is 17.7 Å². The second kappa shape index (κ2) is 4.61. The van der Waals surface area contributed by atoms with E-state index in [1.807, 2.05) is 34.7 Å². The third-order valence-electron chi connectivity index (χ3n) is 3.01. The SMILES string of the molecule is CCC(C)n1ccc(Cn2cc(C)c(N)n2)n1. The second-order valence-corrected chi connectivity index (χ2v) is 4.44. The van der Waals surface area contributed by atoms with Crippen molar-refractivity contribution in [1.29, 1.82) is 0 Å². The summed E-state index contributed by atoms with van der Waals surface area (Å²) in [5, 5.41) is 8.76. The van der Waals surface area contributed by atoms with Crippen LogP contribution >= 0.6 is 0 Å². The largest absolute Gasteiger partial charge is 0.382 e. The third-order valence-corrected chi connectivity index (χ3v) is 3.01. The average molecular weight is 233 g/mol. The molecule has 1 atom stereocenters. The van der Waals surface area contributed by atoms with Gasteiger partial charge < -0.3 is 5.73 Å². The summed E-state index contributed by atoms with van der Waals surface area (Å²) in [4.78, 5) is 0. The minimum Gasteiger partial charge on any atom is -0.382 e. The van der Waals surface area contributed by atoms with E-state index >= 15 is 0 Å². The minimum absolute atomic E-state index is 0.438. The number of rotatable bonds is 4. The minimum atomic E-state index is 0.438. The lowest BCUT2D eigenvalue weighted by atomic mass is 10.3. The van der Waals surface area contributed by atoms with Gasteiger partial charge in [0.1, 0.15) is 5.82 Å². The van der Waals surface area contributed by atoms with Gasteiger partial charge in [-0.15, -0.1) is 0 Å². The molecule has 0 aromatic carbocycles. The molecule has 0 amide bonds. The van der Waals surface area contributed by atoms with Crippen molar-refractivity contribution in [3.8, 4) is 0 Å². The molecule has 5 nitrogen and oxygen atoms in total. The Hall–Kier alpha value is -1.78. The highest BCUT2D eigenvalue weighted by molar-refractivity contribution is 5.35. The molecule has 2 N–H and O–H groups in total. The molecule has 0 bridgehead atoms. The zero-order valence-corrected chi connectivity index (χ0v) is 10.6. The van der Waals surface area contributed by atoms with Crippen molar-refractivity contribution in [3.05, 3.63) is 29.7 Å². The lowest BCUT2D eigenvalue weighted by Gasteiger charge is -2.08. The van der Waals surface area contributed by atoms with Gasteiger partial charge in [0.25, 0.3) is 0 Å². The van der Waals surface area contributed by atoms with Crippen molar-refractivity contribution in [2.45, 2.75) is 39.8 Å². The Kier molecular flexibility index (Phi) is 3.17. The lowest BCUT2D eigenvalue weighted by molar-refractivity contribution is 0.471. The van der Waals surface area contributed by atoms with Gasteiger partial charge in [-0.2, -0.15) is 10.2 Å². The maximum atomic E-state index is 5.71. The van der Waals surface area contributed by atoms with Crippen molar-refractivity contribution in [2.75, 3.05) is 5.73 Å². The van der Waals surface area contributed by atoms with Crippen LogP contribution in [0.25, 0.3) is 0 Å². The van der Waals surface area contributed by atoms with Crippen molar-refractivity contribution in [1.82, 2.24) is 19.6 Å². The maximum absolute atomic E-state index is 5.71. The Morgan fingerprint density at radius 2 is 2.18 bits per heavy atom. The van der Waals surface area contributed by atoms with Crippen LogP contribution in [0.2, 0.25) is 0 Å². The standard InChI is InChI=1S/C12H19N5/c1-4-10(3)17-6-5-11(14-17)8-16-7-9(2)12(13)15-16/h5-7,10H,4,8H2,1-3H3,(H2,13,15). The molecule has 0 spiro atoms. The van der Waals surface area contributed by atoms with E-state index in [1.54, 1.807) is 0 Å². The van der Waals surface area contributed by atoms with Crippen LogP contribution in [0.5, 0.6) is 0 Å². The first-order valence-corrected chi connectivity index (χ1v) is 5.93. The zero-order chi connectivity index (χ0) is 12.4. The Bertz CT molecular complexity index is 477. The van der Waals surface area contributed by atoms with E-state index in [2.05, 4.69) is 24.0 Å². The van der Waals surface area contributed by atoms with Crippen LogP contribution in [-0.2, 0) is 6.54 Å². The van der Waals surface area contributed by atoms with Crippen LogP contribution in [0.4, 0.5) is 5.82 Å². The molecule has 17 heavy (non-hydrogen) atoms. The van der Waals surface area contributed by atoms with E-state index in [9.17, 15) is 0 Å². The Morgan fingerprint density at radius 1 is 1.41 bits per heavy atom. The van der Waals surface area contributed by atoms with E-state index in [4.69, 9.17) is 5.73 Å². The van der Waals surface area contributed by atoms with Gasteiger partial charge in [0.15, 0.2) is 0 Å². The van der Waals surface area contributed by atoms with Gasteiger partial charge in [-0.05, 0) is 26.3 Å². The topological polar surface area (TPSA) is 61.7 Å². The fourth-order valence-electron chi connectivity index (χ4n) is 1.68. The molecule has 2 aromatic heterocycles. The first kappa shape index (κ1) is 11.7. The molecule has 2 aromatic rings. The molecule has 92 valence electrons. The second-order valence-electron chi connectivity index (χ2n) is 4.44. The predicted molar refractivity (Wildman–Crippen MR) is 67.7 cm³/mol. The normalized spacial score (nSPS) is 12.9. The Labute approximate surface area is 101 Å². The summed E-state index contributed by atoms with van der Waals surface area (Å²) in [5.41, 5.74) is 7.72. The number of hydrogen-bond donors (Lipinski definition) is 1. The fraction of sp³-hybridized carbons (Fsp3) is 0.500. The van der Waals surface area contributed by atoms with Gasteiger partial charge in [-0.25, -0.2) is 0 Å². The Morgan fingerprint density at radius 3 is 2.76 bits per heavy atom. The van der Waals surface area contributed by atoms with Gasteiger partial charge >= 0.3 is 0 Å². The summed E-state index contributed by atoms with van der Waals surface area (Å²) in [6, 6.07) is 2.47. The molecule has 0 radical (unpaired) electrons. The van der Waals surface area contributed by atoms with Crippen LogP contribution in [0, 0.1) is 6.92 Å². The summed E-state index contributed by atoms with van der Waals surface area (Å²) >= 11 is 0. The third kappa shape index (κ3) is 2.49. The van der Waals surface area contributed by atoms with Crippen molar-refractivity contribution in [2.24, 2.45) is 0 Å². The summed E-state index contributed by atoms with van der Waals surface area (Å²) in [7, 11) is 0. The maximum Gasteiger partial charge on any atom is 0.148 e. The average Bonchev–Trinajstić information content (AvgIpc) is 2.87. The number of hydrogen-bond acceptors (Lipinski definition) is 3. The number of aromatic nitrogens is 4. The summed E-state index contributed by atoms with van der Waals surface area (Å²) < 4.78 is 3.82. The molecular weight excluding hydrogens is 214 g/mol. The molecule has 2 rings (SSSR count). The highest BCUT2D eigenvalue weighted by Gasteiger charge is 2.06. The van der Waals surface area contributed by atoms with E-state index < -0.39 is 0 Å². The Balaban J connectivity index is 2.11. The molecule has 0 aliphatic rings. The van der Waals surface area contributed by atoms with Crippen LogP contribution < -0.4 is 5.73 Å². The van der Waals surface area contributed by atoms with Gasteiger partial charge in [0.05, 0.1) is 12.2 Å².